The van der Waals surface area contributed by atoms with Crippen LogP contribution in [0, 0.1) is 0 Å². The molecule has 1 amide bonds. The SMILES string of the molecule is CC(C)(C)OC(=O)N1CCC(c2ncc(CNc3cccc4c3C(O)N(C3CCC(O)NC3O)C4O)o2)CC1. The predicted octanol–water partition coefficient (Wildman–Crippen LogP) is 2.09. The van der Waals surface area contributed by atoms with Crippen molar-refractivity contribution in [1.29, 1.82) is 0 Å². The first-order chi connectivity index (χ1) is 18.5. The maximum Gasteiger partial charge on any atom is 0.410 e. The Balaban J connectivity index is 1.20. The first-order valence-corrected chi connectivity index (χ1v) is 13.6. The van der Waals surface area contributed by atoms with E-state index < -0.39 is 36.6 Å². The van der Waals surface area contributed by atoms with Crippen molar-refractivity contribution >= 4 is 11.8 Å². The summed E-state index contributed by atoms with van der Waals surface area (Å²) in [6, 6.07) is 4.80. The van der Waals surface area contributed by atoms with E-state index in [1.807, 2.05) is 26.8 Å². The molecule has 12 heteroatoms. The molecule has 1 aromatic heterocycles. The number of aliphatic hydroxyl groups excluding tert-OH is 4. The molecule has 1 aromatic carbocycles. The molecule has 2 fully saturated rings. The van der Waals surface area contributed by atoms with E-state index in [2.05, 4.69) is 15.6 Å². The number of fused-ring (bicyclic) bond motifs is 1. The fourth-order valence-electron chi connectivity index (χ4n) is 5.66. The molecule has 5 atom stereocenters. The lowest BCUT2D eigenvalue weighted by molar-refractivity contribution is -0.158. The summed E-state index contributed by atoms with van der Waals surface area (Å²) in [5, 5.41) is 48.3. The standard InChI is InChI=1S/C27H39N5O7/c1-27(2,3)39-26(37)31-11-9-15(10-12-31)23-29-14-16(38-23)13-28-18-6-4-5-17-21(18)25(36)32(24(17)35)19-7-8-20(33)30-22(19)34/h4-6,14-15,19-20,22,24-25,28,30,33-36H,7-13H2,1-3H3. The topological polar surface area (TPSA) is 164 Å². The third-order valence-corrected chi connectivity index (χ3v) is 7.61. The Labute approximate surface area is 227 Å². The summed E-state index contributed by atoms with van der Waals surface area (Å²) in [4.78, 5) is 20.0. The number of hydrogen-bond donors (Lipinski definition) is 6. The van der Waals surface area contributed by atoms with Crippen molar-refractivity contribution < 1.29 is 34.4 Å². The van der Waals surface area contributed by atoms with Gasteiger partial charge in [-0.15, -0.1) is 0 Å². The fraction of sp³-hybridized carbons (Fsp3) is 0.630. The summed E-state index contributed by atoms with van der Waals surface area (Å²) in [5.41, 5.74) is 1.21. The first kappa shape index (κ1) is 27.8. The summed E-state index contributed by atoms with van der Waals surface area (Å²) >= 11 is 0. The van der Waals surface area contributed by atoms with Gasteiger partial charge in [0.1, 0.15) is 36.3 Å². The number of carbonyl (C=O) groups excluding carboxylic acids is 1. The molecular weight excluding hydrogens is 506 g/mol. The largest absolute Gasteiger partial charge is 0.444 e. The molecule has 3 aliphatic heterocycles. The van der Waals surface area contributed by atoms with Gasteiger partial charge in [0.25, 0.3) is 0 Å². The van der Waals surface area contributed by atoms with Crippen LogP contribution in [0.1, 0.15) is 87.6 Å². The number of anilines is 1. The van der Waals surface area contributed by atoms with Crippen molar-refractivity contribution in [3.63, 3.8) is 0 Å². The van der Waals surface area contributed by atoms with E-state index in [-0.39, 0.29) is 12.0 Å². The third-order valence-electron chi connectivity index (χ3n) is 7.61. The zero-order valence-electron chi connectivity index (χ0n) is 22.6. The van der Waals surface area contributed by atoms with Gasteiger partial charge in [-0.05, 0) is 52.5 Å². The van der Waals surface area contributed by atoms with E-state index in [0.29, 0.717) is 60.9 Å². The smallest absolute Gasteiger partial charge is 0.410 e. The van der Waals surface area contributed by atoms with Gasteiger partial charge in [-0.1, -0.05) is 12.1 Å². The first-order valence-electron chi connectivity index (χ1n) is 13.6. The summed E-state index contributed by atoms with van der Waals surface area (Å²) < 4.78 is 11.5. The third kappa shape index (κ3) is 5.91. The maximum absolute atomic E-state index is 12.3. The maximum atomic E-state index is 12.3. The summed E-state index contributed by atoms with van der Waals surface area (Å²) in [7, 11) is 0. The van der Waals surface area contributed by atoms with E-state index in [1.54, 1.807) is 23.2 Å². The Morgan fingerprint density at radius 2 is 1.87 bits per heavy atom. The van der Waals surface area contributed by atoms with Crippen LogP contribution in [-0.4, -0.2) is 78.5 Å². The monoisotopic (exact) mass is 545 g/mol. The number of benzene rings is 1. The number of hydrogen-bond acceptors (Lipinski definition) is 11. The lowest BCUT2D eigenvalue weighted by Crippen LogP contribution is -2.57. The molecule has 4 heterocycles. The molecular formula is C27H39N5O7. The number of aliphatic hydroxyl groups is 4. The second-order valence-electron chi connectivity index (χ2n) is 11.5. The van der Waals surface area contributed by atoms with Crippen molar-refractivity contribution in [3.8, 4) is 0 Å². The quantitative estimate of drug-likeness (QED) is 0.326. The Morgan fingerprint density at radius 1 is 1.13 bits per heavy atom. The van der Waals surface area contributed by atoms with Crippen LogP contribution in [0.4, 0.5) is 10.5 Å². The minimum Gasteiger partial charge on any atom is -0.444 e. The molecule has 2 aromatic rings. The van der Waals surface area contributed by atoms with Crippen LogP contribution in [-0.2, 0) is 11.3 Å². The van der Waals surface area contributed by atoms with Crippen molar-refractivity contribution in [3.05, 3.63) is 47.2 Å². The van der Waals surface area contributed by atoms with Gasteiger partial charge < -0.3 is 39.8 Å². The van der Waals surface area contributed by atoms with Gasteiger partial charge >= 0.3 is 6.09 Å². The zero-order chi connectivity index (χ0) is 27.9. The normalized spacial score (nSPS) is 28.4. The van der Waals surface area contributed by atoms with Gasteiger partial charge in [-0.2, -0.15) is 0 Å². The van der Waals surface area contributed by atoms with Crippen LogP contribution in [0.25, 0.3) is 0 Å². The van der Waals surface area contributed by atoms with Crippen LogP contribution in [0.2, 0.25) is 0 Å². The van der Waals surface area contributed by atoms with Crippen LogP contribution in [0.3, 0.4) is 0 Å². The van der Waals surface area contributed by atoms with Crippen molar-refractivity contribution in [2.24, 2.45) is 0 Å². The molecule has 5 rings (SSSR count). The second-order valence-corrected chi connectivity index (χ2v) is 11.5. The number of rotatable bonds is 5. The van der Waals surface area contributed by atoms with Gasteiger partial charge in [0.2, 0.25) is 0 Å². The highest BCUT2D eigenvalue weighted by Crippen LogP contribution is 2.45. The molecule has 0 saturated carbocycles. The fourth-order valence-corrected chi connectivity index (χ4v) is 5.66. The summed E-state index contributed by atoms with van der Waals surface area (Å²) in [6.45, 7) is 7.04. The van der Waals surface area contributed by atoms with Crippen molar-refractivity contribution in [1.82, 2.24) is 20.1 Å². The van der Waals surface area contributed by atoms with Crippen LogP contribution < -0.4 is 10.6 Å². The molecule has 214 valence electrons. The van der Waals surface area contributed by atoms with E-state index in [1.165, 1.54) is 4.90 Å². The Hall–Kier alpha value is -2.74. The molecule has 6 N–H and O–H groups in total. The van der Waals surface area contributed by atoms with Crippen LogP contribution in [0.5, 0.6) is 0 Å². The Morgan fingerprint density at radius 3 is 2.56 bits per heavy atom. The molecule has 3 aliphatic rings. The highest BCUT2D eigenvalue weighted by molar-refractivity contribution is 5.68. The van der Waals surface area contributed by atoms with E-state index in [4.69, 9.17) is 9.15 Å². The molecule has 2 saturated heterocycles. The molecule has 5 unspecified atom stereocenters. The zero-order valence-corrected chi connectivity index (χ0v) is 22.6. The van der Waals surface area contributed by atoms with Crippen LogP contribution in [0.15, 0.2) is 28.8 Å². The predicted molar refractivity (Wildman–Crippen MR) is 140 cm³/mol. The lowest BCUT2D eigenvalue weighted by atomic mass is 9.97. The van der Waals surface area contributed by atoms with Gasteiger partial charge in [0.15, 0.2) is 5.89 Å². The van der Waals surface area contributed by atoms with Crippen molar-refractivity contribution in [2.75, 3.05) is 18.4 Å². The molecule has 0 bridgehead atoms. The average Bonchev–Trinajstić information content (AvgIpc) is 3.45. The summed E-state index contributed by atoms with van der Waals surface area (Å²) in [5.74, 6) is 1.37. The molecule has 12 nitrogen and oxygen atoms in total. The van der Waals surface area contributed by atoms with E-state index in [9.17, 15) is 25.2 Å². The second kappa shape index (κ2) is 11.0. The highest BCUT2D eigenvalue weighted by Gasteiger charge is 2.45. The van der Waals surface area contributed by atoms with Gasteiger partial charge in [-0.25, -0.2) is 14.7 Å². The van der Waals surface area contributed by atoms with E-state index in [0.717, 1.165) is 12.8 Å². The molecule has 0 aliphatic carbocycles. The number of carbonyl (C=O) groups is 1. The Kier molecular flexibility index (Phi) is 7.86. The number of aromatic nitrogens is 1. The number of likely N-dealkylation sites (tertiary alicyclic amines) is 1. The number of oxazole rings is 1. The summed E-state index contributed by atoms with van der Waals surface area (Å²) in [6.07, 6.45) is -0.498. The van der Waals surface area contributed by atoms with Crippen LogP contribution >= 0.6 is 0 Å². The van der Waals surface area contributed by atoms with Crippen molar-refractivity contribution in [2.45, 2.75) is 95.5 Å². The number of piperidine rings is 2. The van der Waals surface area contributed by atoms with E-state index >= 15 is 0 Å². The number of nitrogens with one attached hydrogen (secondary N) is 2. The number of ether oxygens (including phenoxy) is 1. The number of amides is 1. The molecule has 0 radical (unpaired) electrons. The average molecular weight is 546 g/mol. The molecule has 39 heavy (non-hydrogen) atoms. The lowest BCUT2D eigenvalue weighted by Gasteiger charge is -2.40. The molecule has 0 spiro atoms. The van der Waals surface area contributed by atoms with Gasteiger partial charge in [0.05, 0.1) is 18.8 Å². The van der Waals surface area contributed by atoms with Gasteiger partial charge in [0, 0.05) is 35.8 Å². The highest BCUT2D eigenvalue weighted by atomic mass is 16.6. The number of nitrogens with zero attached hydrogens (tertiary/aromatic N) is 3. The Bertz CT molecular complexity index is 1160. The van der Waals surface area contributed by atoms with Gasteiger partial charge in [-0.3, -0.25) is 5.32 Å². The minimum atomic E-state index is -1.14. The minimum absolute atomic E-state index is 0.109.